The first-order valence-corrected chi connectivity index (χ1v) is 6.44. The van der Waals surface area contributed by atoms with Crippen LogP contribution in [-0.2, 0) is 9.47 Å². The largest absolute Gasteiger partial charge is 0.356 e. The van der Waals surface area contributed by atoms with E-state index in [9.17, 15) is 0 Å². The fraction of sp³-hybridized carbons (Fsp3) is 0.538. The molecule has 0 unspecified atom stereocenters. The molecule has 16 heavy (non-hydrogen) atoms. The summed E-state index contributed by atoms with van der Waals surface area (Å²) in [7, 11) is 0. The Hall–Kier alpha value is -0.380. The summed E-state index contributed by atoms with van der Waals surface area (Å²) in [4.78, 5) is 0. The molecule has 0 saturated heterocycles. The van der Waals surface area contributed by atoms with E-state index in [1.165, 1.54) is 11.1 Å². The topological polar surface area (TPSA) is 18.5 Å². The SMILES string of the molecule is CCOCO[C@H](CC)c1cccc(C)c1Br. The van der Waals surface area contributed by atoms with Crippen LogP contribution in [0.4, 0.5) is 0 Å². The molecule has 1 aromatic rings. The molecule has 0 heterocycles. The van der Waals surface area contributed by atoms with Gasteiger partial charge in [-0.05, 0) is 31.4 Å². The van der Waals surface area contributed by atoms with Crippen LogP contribution < -0.4 is 0 Å². The molecule has 0 fully saturated rings. The van der Waals surface area contributed by atoms with Crippen LogP contribution in [0.3, 0.4) is 0 Å². The molecule has 0 amide bonds. The molecule has 3 heteroatoms. The molecular weight excluding hydrogens is 268 g/mol. The van der Waals surface area contributed by atoms with Crippen LogP contribution in [-0.4, -0.2) is 13.4 Å². The second-order valence-electron chi connectivity index (χ2n) is 3.65. The summed E-state index contributed by atoms with van der Waals surface area (Å²) in [6.45, 7) is 7.21. The van der Waals surface area contributed by atoms with Crippen molar-refractivity contribution in [2.75, 3.05) is 13.4 Å². The Bertz CT molecular complexity index is 326. The van der Waals surface area contributed by atoms with Gasteiger partial charge in [0.2, 0.25) is 0 Å². The van der Waals surface area contributed by atoms with Crippen LogP contribution in [0.1, 0.15) is 37.5 Å². The van der Waals surface area contributed by atoms with Crippen LogP contribution in [0.2, 0.25) is 0 Å². The lowest BCUT2D eigenvalue weighted by Gasteiger charge is -2.18. The molecule has 0 aliphatic carbocycles. The maximum absolute atomic E-state index is 5.70. The van der Waals surface area contributed by atoms with Gasteiger partial charge < -0.3 is 9.47 Å². The summed E-state index contributed by atoms with van der Waals surface area (Å²) in [5.74, 6) is 0. The number of benzene rings is 1. The normalized spacial score (nSPS) is 12.8. The van der Waals surface area contributed by atoms with Gasteiger partial charge in [-0.25, -0.2) is 0 Å². The highest BCUT2D eigenvalue weighted by molar-refractivity contribution is 9.10. The lowest BCUT2D eigenvalue weighted by molar-refractivity contribution is -0.0889. The number of hydrogen-bond donors (Lipinski definition) is 0. The summed E-state index contributed by atoms with van der Waals surface area (Å²) in [6.07, 6.45) is 1.04. The van der Waals surface area contributed by atoms with E-state index in [4.69, 9.17) is 9.47 Å². The van der Waals surface area contributed by atoms with Gasteiger partial charge in [-0.2, -0.15) is 0 Å². The number of ether oxygens (including phenoxy) is 2. The van der Waals surface area contributed by atoms with E-state index in [2.05, 4.69) is 48.0 Å². The van der Waals surface area contributed by atoms with E-state index < -0.39 is 0 Å². The fourth-order valence-corrected chi connectivity index (χ4v) is 2.08. The predicted molar refractivity (Wildman–Crippen MR) is 69.5 cm³/mol. The Labute approximate surface area is 106 Å². The first-order valence-electron chi connectivity index (χ1n) is 5.65. The maximum atomic E-state index is 5.70. The van der Waals surface area contributed by atoms with E-state index >= 15 is 0 Å². The van der Waals surface area contributed by atoms with E-state index in [-0.39, 0.29) is 6.10 Å². The summed E-state index contributed by atoms with van der Waals surface area (Å²) in [5.41, 5.74) is 2.43. The summed E-state index contributed by atoms with van der Waals surface area (Å²) < 4.78 is 12.1. The van der Waals surface area contributed by atoms with E-state index in [1.54, 1.807) is 0 Å². The van der Waals surface area contributed by atoms with Crippen molar-refractivity contribution >= 4 is 15.9 Å². The van der Waals surface area contributed by atoms with Gasteiger partial charge in [-0.1, -0.05) is 41.1 Å². The molecular formula is C13H19BrO2. The lowest BCUT2D eigenvalue weighted by atomic mass is 10.0. The van der Waals surface area contributed by atoms with Gasteiger partial charge in [-0.15, -0.1) is 0 Å². The van der Waals surface area contributed by atoms with Crippen LogP contribution in [0.15, 0.2) is 22.7 Å². The molecule has 0 radical (unpaired) electrons. The molecule has 0 aromatic heterocycles. The van der Waals surface area contributed by atoms with Gasteiger partial charge in [0.05, 0.1) is 6.10 Å². The zero-order chi connectivity index (χ0) is 12.0. The van der Waals surface area contributed by atoms with Crippen LogP contribution in [0.5, 0.6) is 0 Å². The minimum absolute atomic E-state index is 0.0980. The first kappa shape index (κ1) is 13.7. The lowest BCUT2D eigenvalue weighted by Crippen LogP contribution is -2.08. The van der Waals surface area contributed by atoms with Crippen molar-refractivity contribution in [3.05, 3.63) is 33.8 Å². The third-order valence-electron chi connectivity index (χ3n) is 2.50. The van der Waals surface area contributed by atoms with Crippen molar-refractivity contribution in [1.29, 1.82) is 0 Å². The Morgan fingerprint density at radius 2 is 2.06 bits per heavy atom. The van der Waals surface area contributed by atoms with Gasteiger partial charge in [0.1, 0.15) is 6.79 Å². The van der Waals surface area contributed by atoms with Gasteiger partial charge in [0, 0.05) is 11.1 Å². The predicted octanol–water partition coefficient (Wildman–Crippen LogP) is 4.22. The van der Waals surface area contributed by atoms with Gasteiger partial charge in [-0.3, -0.25) is 0 Å². The number of hydrogen-bond acceptors (Lipinski definition) is 2. The number of halogens is 1. The van der Waals surface area contributed by atoms with E-state index in [0.29, 0.717) is 13.4 Å². The Morgan fingerprint density at radius 3 is 2.69 bits per heavy atom. The molecule has 1 aromatic carbocycles. The molecule has 0 aliphatic rings. The maximum Gasteiger partial charge on any atom is 0.147 e. The van der Waals surface area contributed by atoms with Crippen molar-refractivity contribution in [3.63, 3.8) is 0 Å². The third-order valence-corrected chi connectivity index (χ3v) is 3.58. The molecule has 2 nitrogen and oxygen atoms in total. The van der Waals surface area contributed by atoms with Crippen molar-refractivity contribution in [1.82, 2.24) is 0 Å². The van der Waals surface area contributed by atoms with Gasteiger partial charge >= 0.3 is 0 Å². The standard InChI is InChI=1S/C13H19BrO2/c1-4-12(16-9-15-5-2)11-8-6-7-10(3)13(11)14/h6-8,12H,4-5,9H2,1-3H3/t12-/m1/s1. The minimum atomic E-state index is 0.0980. The third kappa shape index (κ3) is 3.58. The van der Waals surface area contributed by atoms with Crippen LogP contribution in [0.25, 0.3) is 0 Å². The second-order valence-corrected chi connectivity index (χ2v) is 4.45. The molecule has 0 aliphatic heterocycles. The van der Waals surface area contributed by atoms with Gasteiger partial charge in [0.25, 0.3) is 0 Å². The van der Waals surface area contributed by atoms with Crippen molar-refractivity contribution in [2.45, 2.75) is 33.3 Å². The van der Waals surface area contributed by atoms with Crippen molar-refractivity contribution in [2.24, 2.45) is 0 Å². The molecule has 1 rings (SSSR count). The molecule has 0 bridgehead atoms. The van der Waals surface area contributed by atoms with Crippen LogP contribution in [0, 0.1) is 6.92 Å². The number of aryl methyl sites for hydroxylation is 1. The quantitative estimate of drug-likeness (QED) is 0.576. The first-order chi connectivity index (χ1) is 7.70. The zero-order valence-electron chi connectivity index (χ0n) is 10.1. The summed E-state index contributed by atoms with van der Waals surface area (Å²) in [5, 5.41) is 0. The average Bonchev–Trinajstić information content (AvgIpc) is 2.29. The van der Waals surface area contributed by atoms with Crippen molar-refractivity contribution < 1.29 is 9.47 Å². The molecule has 90 valence electrons. The second kappa shape index (κ2) is 7.05. The van der Waals surface area contributed by atoms with E-state index in [1.807, 2.05) is 6.92 Å². The van der Waals surface area contributed by atoms with E-state index in [0.717, 1.165) is 10.9 Å². The minimum Gasteiger partial charge on any atom is -0.356 e. The monoisotopic (exact) mass is 286 g/mol. The Balaban J connectivity index is 2.74. The molecule has 0 saturated carbocycles. The zero-order valence-corrected chi connectivity index (χ0v) is 11.7. The molecule has 0 N–H and O–H groups in total. The van der Waals surface area contributed by atoms with Crippen molar-refractivity contribution in [3.8, 4) is 0 Å². The fourth-order valence-electron chi connectivity index (χ4n) is 1.56. The molecule has 1 atom stereocenters. The van der Waals surface area contributed by atoms with Gasteiger partial charge in [0.15, 0.2) is 0 Å². The Kier molecular flexibility index (Phi) is 6.03. The highest BCUT2D eigenvalue weighted by Gasteiger charge is 2.13. The van der Waals surface area contributed by atoms with Crippen LogP contribution >= 0.6 is 15.9 Å². The Morgan fingerprint density at radius 1 is 1.31 bits per heavy atom. The highest BCUT2D eigenvalue weighted by atomic mass is 79.9. The highest BCUT2D eigenvalue weighted by Crippen LogP contribution is 2.30. The average molecular weight is 287 g/mol. The smallest absolute Gasteiger partial charge is 0.147 e. The molecule has 0 spiro atoms. The summed E-state index contributed by atoms with van der Waals surface area (Å²) in [6, 6.07) is 6.24. The summed E-state index contributed by atoms with van der Waals surface area (Å²) >= 11 is 3.61. The number of rotatable bonds is 6.